The molecule has 1 aromatic rings. The molecule has 1 aliphatic carbocycles. The summed E-state index contributed by atoms with van der Waals surface area (Å²) in [5.74, 6) is 1.68. The lowest BCUT2D eigenvalue weighted by Gasteiger charge is -2.39. The first-order chi connectivity index (χ1) is 10.7. The second-order valence-corrected chi connectivity index (χ2v) is 6.62. The fourth-order valence-electron chi connectivity index (χ4n) is 3.97. The van der Waals surface area contributed by atoms with Crippen molar-refractivity contribution in [1.82, 2.24) is 10.2 Å². The summed E-state index contributed by atoms with van der Waals surface area (Å²) in [7, 11) is 1.91. The number of ether oxygens (including phenoxy) is 1. The number of benzene rings is 1. The van der Waals surface area contributed by atoms with Crippen molar-refractivity contribution in [1.29, 1.82) is 0 Å². The fraction of sp³-hybridized carbons (Fsp3) is 0.611. The number of nitrogens with zero attached hydrogens (tertiary/aromatic N) is 1. The van der Waals surface area contributed by atoms with E-state index in [0.717, 1.165) is 25.3 Å². The maximum absolute atomic E-state index is 13.0. The van der Waals surface area contributed by atoms with Gasteiger partial charge in [-0.05, 0) is 37.4 Å². The van der Waals surface area contributed by atoms with E-state index >= 15 is 0 Å². The maximum Gasteiger partial charge on any atom is 0.230 e. The average molecular weight is 302 g/mol. The molecular formula is C18H26N2O2. The van der Waals surface area contributed by atoms with Crippen molar-refractivity contribution in [3.05, 3.63) is 30.3 Å². The molecule has 2 aliphatic rings. The molecule has 4 nitrogen and oxygen atoms in total. The highest BCUT2D eigenvalue weighted by Crippen LogP contribution is 2.44. The Bertz CT molecular complexity index is 505. The third kappa shape index (κ3) is 2.98. The maximum atomic E-state index is 13.0. The van der Waals surface area contributed by atoms with Crippen LogP contribution >= 0.6 is 0 Å². The second-order valence-electron chi connectivity index (χ2n) is 6.62. The molecule has 120 valence electrons. The number of likely N-dealkylation sites (N-methyl/N-ethyl adjacent to an activating group) is 1. The predicted molar refractivity (Wildman–Crippen MR) is 86.8 cm³/mol. The zero-order chi connectivity index (χ0) is 15.4. The Morgan fingerprint density at radius 2 is 2.18 bits per heavy atom. The molecule has 0 unspecified atom stereocenters. The van der Waals surface area contributed by atoms with Crippen molar-refractivity contribution in [2.24, 2.45) is 11.3 Å². The van der Waals surface area contributed by atoms with E-state index in [9.17, 15) is 4.79 Å². The number of fused-ring (bicyclic) bond motifs is 1. The van der Waals surface area contributed by atoms with E-state index in [1.165, 1.54) is 19.3 Å². The highest BCUT2D eigenvalue weighted by molar-refractivity contribution is 5.83. The third-order valence-corrected chi connectivity index (χ3v) is 5.25. The van der Waals surface area contributed by atoms with Crippen LogP contribution in [0.2, 0.25) is 0 Å². The smallest absolute Gasteiger partial charge is 0.230 e. The van der Waals surface area contributed by atoms with Gasteiger partial charge in [-0.1, -0.05) is 31.0 Å². The van der Waals surface area contributed by atoms with Crippen LogP contribution in [-0.4, -0.2) is 44.1 Å². The van der Waals surface area contributed by atoms with E-state index in [1.54, 1.807) is 0 Å². The van der Waals surface area contributed by atoms with Crippen LogP contribution in [0.4, 0.5) is 0 Å². The number of hydrogen-bond acceptors (Lipinski definition) is 3. The number of nitrogens with one attached hydrogen (secondary N) is 1. The zero-order valence-corrected chi connectivity index (χ0v) is 13.4. The molecule has 4 heteroatoms. The van der Waals surface area contributed by atoms with Gasteiger partial charge in [0, 0.05) is 13.6 Å². The number of rotatable bonds is 5. The van der Waals surface area contributed by atoms with Gasteiger partial charge < -0.3 is 15.0 Å². The van der Waals surface area contributed by atoms with Gasteiger partial charge in [0.25, 0.3) is 0 Å². The Kier molecular flexibility index (Phi) is 4.67. The third-order valence-electron chi connectivity index (χ3n) is 5.25. The Hall–Kier alpha value is -1.55. The minimum absolute atomic E-state index is 0.153. The highest BCUT2D eigenvalue weighted by atomic mass is 16.5. The van der Waals surface area contributed by atoms with Gasteiger partial charge in [0.1, 0.15) is 12.4 Å². The van der Waals surface area contributed by atoms with Crippen molar-refractivity contribution in [3.63, 3.8) is 0 Å². The molecule has 3 rings (SSSR count). The van der Waals surface area contributed by atoms with Gasteiger partial charge in [-0.25, -0.2) is 0 Å². The number of para-hydroxylation sites is 1. The van der Waals surface area contributed by atoms with Crippen LogP contribution in [0.15, 0.2) is 30.3 Å². The minimum Gasteiger partial charge on any atom is -0.492 e. The first kappa shape index (κ1) is 15.3. The van der Waals surface area contributed by atoms with E-state index < -0.39 is 0 Å². The summed E-state index contributed by atoms with van der Waals surface area (Å²) < 4.78 is 5.71. The molecule has 1 heterocycles. The van der Waals surface area contributed by atoms with E-state index in [4.69, 9.17) is 4.74 Å². The van der Waals surface area contributed by atoms with Gasteiger partial charge in [0.2, 0.25) is 5.91 Å². The molecule has 1 saturated carbocycles. The van der Waals surface area contributed by atoms with E-state index in [-0.39, 0.29) is 5.41 Å². The van der Waals surface area contributed by atoms with Crippen LogP contribution in [0.25, 0.3) is 0 Å². The van der Waals surface area contributed by atoms with Crippen molar-refractivity contribution < 1.29 is 9.53 Å². The summed E-state index contributed by atoms with van der Waals surface area (Å²) in [6, 6.07) is 9.77. The van der Waals surface area contributed by atoms with Crippen molar-refractivity contribution in [2.45, 2.75) is 25.7 Å². The largest absolute Gasteiger partial charge is 0.492 e. The summed E-state index contributed by atoms with van der Waals surface area (Å²) in [6.45, 7) is 3.03. The minimum atomic E-state index is -0.153. The van der Waals surface area contributed by atoms with E-state index in [0.29, 0.717) is 25.0 Å². The molecule has 22 heavy (non-hydrogen) atoms. The first-order valence-electron chi connectivity index (χ1n) is 8.36. The van der Waals surface area contributed by atoms with Crippen LogP contribution < -0.4 is 10.1 Å². The Morgan fingerprint density at radius 3 is 3.00 bits per heavy atom. The van der Waals surface area contributed by atoms with Gasteiger partial charge in [-0.2, -0.15) is 0 Å². The normalized spacial score (nSPS) is 27.2. The molecule has 0 radical (unpaired) electrons. The molecule has 1 N–H and O–H groups in total. The highest BCUT2D eigenvalue weighted by Gasteiger charge is 2.50. The van der Waals surface area contributed by atoms with Crippen LogP contribution in [0.5, 0.6) is 5.75 Å². The zero-order valence-electron chi connectivity index (χ0n) is 13.4. The second kappa shape index (κ2) is 6.69. The van der Waals surface area contributed by atoms with Gasteiger partial charge in [-0.15, -0.1) is 0 Å². The monoisotopic (exact) mass is 302 g/mol. The molecule has 0 bridgehead atoms. The van der Waals surface area contributed by atoms with Gasteiger partial charge in [0.05, 0.1) is 12.0 Å². The SMILES string of the molecule is CN(CCOc1ccccc1)C(=O)[C@@]12CCCC[C@H]1CNC2. The molecule has 1 amide bonds. The summed E-state index contributed by atoms with van der Waals surface area (Å²) in [6.07, 6.45) is 4.67. The fourth-order valence-corrected chi connectivity index (χ4v) is 3.97. The molecule has 1 saturated heterocycles. The van der Waals surface area contributed by atoms with Crippen molar-refractivity contribution in [2.75, 3.05) is 33.3 Å². The molecule has 2 atom stereocenters. The molecule has 1 aliphatic heterocycles. The summed E-state index contributed by atoms with van der Waals surface area (Å²) in [5, 5.41) is 3.44. The molecule has 0 spiro atoms. The molecule has 1 aromatic carbocycles. The molecule has 2 fully saturated rings. The first-order valence-corrected chi connectivity index (χ1v) is 8.36. The van der Waals surface area contributed by atoms with Crippen LogP contribution in [0, 0.1) is 11.3 Å². The van der Waals surface area contributed by atoms with Crippen LogP contribution in [-0.2, 0) is 4.79 Å². The van der Waals surface area contributed by atoms with Gasteiger partial charge in [-0.3, -0.25) is 4.79 Å². The van der Waals surface area contributed by atoms with Crippen LogP contribution in [0.1, 0.15) is 25.7 Å². The standard InChI is InChI=1S/C18H26N2O2/c1-20(11-12-22-16-8-3-2-4-9-16)17(21)18-10-6-5-7-15(18)13-19-14-18/h2-4,8-9,15,19H,5-7,10-14H2,1H3/t15-,18+/m0/s1. The lowest BCUT2D eigenvalue weighted by Crippen LogP contribution is -2.49. The lowest BCUT2D eigenvalue weighted by atomic mass is 9.67. The lowest BCUT2D eigenvalue weighted by molar-refractivity contribution is -0.144. The van der Waals surface area contributed by atoms with E-state index in [2.05, 4.69) is 5.32 Å². The Morgan fingerprint density at radius 1 is 1.36 bits per heavy atom. The molecule has 0 aromatic heterocycles. The number of carbonyl (C=O) groups excluding carboxylic acids is 1. The predicted octanol–water partition coefficient (Wildman–Crippen LogP) is 2.30. The summed E-state index contributed by atoms with van der Waals surface area (Å²) in [4.78, 5) is 14.8. The van der Waals surface area contributed by atoms with Gasteiger partial charge in [0.15, 0.2) is 0 Å². The van der Waals surface area contributed by atoms with Crippen molar-refractivity contribution >= 4 is 5.91 Å². The summed E-state index contributed by atoms with van der Waals surface area (Å²) in [5.41, 5.74) is -0.153. The van der Waals surface area contributed by atoms with Crippen LogP contribution in [0.3, 0.4) is 0 Å². The quantitative estimate of drug-likeness (QED) is 0.907. The molecular weight excluding hydrogens is 276 g/mol. The van der Waals surface area contributed by atoms with Crippen molar-refractivity contribution in [3.8, 4) is 5.75 Å². The number of hydrogen-bond donors (Lipinski definition) is 1. The topological polar surface area (TPSA) is 41.6 Å². The van der Waals surface area contributed by atoms with Gasteiger partial charge >= 0.3 is 0 Å². The Balaban J connectivity index is 1.55. The summed E-state index contributed by atoms with van der Waals surface area (Å²) >= 11 is 0. The number of carbonyl (C=O) groups is 1. The average Bonchev–Trinajstić information content (AvgIpc) is 3.00. The van der Waals surface area contributed by atoms with E-state index in [1.807, 2.05) is 42.3 Å². The Labute approximate surface area is 132 Å². The number of amides is 1.